The Balaban J connectivity index is 1.57. The zero-order valence-electron chi connectivity index (χ0n) is 13.6. The Morgan fingerprint density at radius 2 is 1.43 bits per heavy atom. The fourth-order valence-corrected chi connectivity index (χ4v) is 4.62. The molecule has 2 saturated carbocycles. The SMILES string of the molecule is Cc1ccc(C2CCC(C3CCC(C)CC3)CC2)c(F)c1. The summed E-state index contributed by atoms with van der Waals surface area (Å²) in [6.07, 6.45) is 10.8. The molecule has 1 aromatic carbocycles. The van der Waals surface area contributed by atoms with Crippen molar-refractivity contribution in [2.45, 2.75) is 71.1 Å². The average Bonchev–Trinajstić information content (AvgIpc) is 2.48. The molecule has 2 aliphatic rings. The first-order valence-corrected chi connectivity index (χ1v) is 8.89. The summed E-state index contributed by atoms with van der Waals surface area (Å²) >= 11 is 0. The predicted octanol–water partition coefficient (Wildman–Crippen LogP) is 6.23. The van der Waals surface area contributed by atoms with Crippen molar-refractivity contribution in [2.75, 3.05) is 0 Å². The van der Waals surface area contributed by atoms with Crippen LogP contribution in [0.5, 0.6) is 0 Å². The van der Waals surface area contributed by atoms with Crippen LogP contribution in [-0.4, -0.2) is 0 Å². The lowest BCUT2D eigenvalue weighted by Gasteiger charge is -2.37. The van der Waals surface area contributed by atoms with Gasteiger partial charge >= 0.3 is 0 Å². The molecule has 2 fully saturated rings. The van der Waals surface area contributed by atoms with E-state index in [1.807, 2.05) is 13.0 Å². The number of rotatable bonds is 2. The van der Waals surface area contributed by atoms with Crippen LogP contribution in [0, 0.1) is 30.5 Å². The Labute approximate surface area is 129 Å². The van der Waals surface area contributed by atoms with Crippen LogP contribution in [0.3, 0.4) is 0 Å². The van der Waals surface area contributed by atoms with Crippen LogP contribution in [0.4, 0.5) is 4.39 Å². The second-order valence-corrected chi connectivity index (χ2v) is 7.66. The minimum Gasteiger partial charge on any atom is -0.207 e. The van der Waals surface area contributed by atoms with Crippen LogP contribution >= 0.6 is 0 Å². The standard InChI is InChI=1S/C20H29F/c1-14-3-6-16(7-4-14)17-8-10-18(11-9-17)19-12-5-15(2)13-20(19)21/h5,12-14,16-18H,3-4,6-11H2,1-2H3. The molecule has 0 unspecified atom stereocenters. The highest BCUT2D eigenvalue weighted by atomic mass is 19.1. The number of halogens is 1. The second kappa shape index (κ2) is 6.50. The molecular formula is C20H29F. The molecule has 1 aromatic rings. The molecule has 0 nitrogen and oxygen atoms in total. The lowest BCUT2D eigenvalue weighted by atomic mass is 9.68. The molecule has 21 heavy (non-hydrogen) atoms. The van der Waals surface area contributed by atoms with Crippen molar-refractivity contribution in [1.82, 2.24) is 0 Å². The molecule has 0 saturated heterocycles. The molecule has 0 aliphatic heterocycles. The number of aryl methyl sites for hydroxylation is 1. The third-order valence-electron chi connectivity index (χ3n) is 6.09. The van der Waals surface area contributed by atoms with Gasteiger partial charge in [0.15, 0.2) is 0 Å². The van der Waals surface area contributed by atoms with E-state index in [9.17, 15) is 4.39 Å². The molecule has 1 heteroatoms. The minimum atomic E-state index is 0.0185. The van der Waals surface area contributed by atoms with Crippen molar-refractivity contribution in [3.05, 3.63) is 35.1 Å². The number of hydrogen-bond acceptors (Lipinski definition) is 0. The summed E-state index contributed by atoms with van der Waals surface area (Å²) in [7, 11) is 0. The fourth-order valence-electron chi connectivity index (χ4n) is 4.62. The van der Waals surface area contributed by atoms with Gasteiger partial charge in [0.25, 0.3) is 0 Å². The summed E-state index contributed by atoms with van der Waals surface area (Å²) < 4.78 is 14.1. The minimum absolute atomic E-state index is 0.0185. The van der Waals surface area contributed by atoms with Crippen molar-refractivity contribution >= 4 is 0 Å². The highest BCUT2D eigenvalue weighted by molar-refractivity contribution is 5.26. The highest BCUT2D eigenvalue weighted by Crippen LogP contribution is 2.44. The zero-order chi connectivity index (χ0) is 14.8. The highest BCUT2D eigenvalue weighted by Gasteiger charge is 2.31. The van der Waals surface area contributed by atoms with Crippen molar-refractivity contribution in [3.8, 4) is 0 Å². The van der Waals surface area contributed by atoms with Crippen LogP contribution in [0.2, 0.25) is 0 Å². The van der Waals surface area contributed by atoms with Crippen molar-refractivity contribution < 1.29 is 4.39 Å². The van der Waals surface area contributed by atoms with Crippen LogP contribution in [0.25, 0.3) is 0 Å². The van der Waals surface area contributed by atoms with E-state index >= 15 is 0 Å². The van der Waals surface area contributed by atoms with Crippen molar-refractivity contribution in [2.24, 2.45) is 17.8 Å². The second-order valence-electron chi connectivity index (χ2n) is 7.66. The van der Waals surface area contributed by atoms with E-state index in [0.717, 1.165) is 28.9 Å². The molecule has 0 amide bonds. The summed E-state index contributed by atoms with van der Waals surface area (Å²) in [5.74, 6) is 3.31. The van der Waals surface area contributed by atoms with Crippen molar-refractivity contribution in [3.63, 3.8) is 0 Å². The molecule has 0 aromatic heterocycles. The number of hydrogen-bond donors (Lipinski definition) is 0. The molecule has 0 bridgehead atoms. The van der Waals surface area contributed by atoms with Gasteiger partial charge in [0, 0.05) is 0 Å². The van der Waals surface area contributed by atoms with Crippen LogP contribution in [0.1, 0.15) is 75.3 Å². The van der Waals surface area contributed by atoms with Crippen LogP contribution < -0.4 is 0 Å². The molecule has 3 rings (SSSR count). The first-order valence-electron chi connectivity index (χ1n) is 8.89. The largest absolute Gasteiger partial charge is 0.207 e. The topological polar surface area (TPSA) is 0 Å². The molecular weight excluding hydrogens is 259 g/mol. The summed E-state index contributed by atoms with van der Waals surface area (Å²) in [5.41, 5.74) is 2.00. The molecule has 0 atom stereocenters. The van der Waals surface area contributed by atoms with Gasteiger partial charge in [0.2, 0.25) is 0 Å². The molecule has 116 valence electrons. The van der Waals surface area contributed by atoms with Gasteiger partial charge < -0.3 is 0 Å². The monoisotopic (exact) mass is 288 g/mol. The van der Waals surface area contributed by atoms with E-state index in [0.29, 0.717) is 5.92 Å². The third kappa shape index (κ3) is 3.49. The first-order chi connectivity index (χ1) is 10.1. The Bertz CT molecular complexity index is 463. The third-order valence-corrected chi connectivity index (χ3v) is 6.09. The lowest BCUT2D eigenvalue weighted by molar-refractivity contribution is 0.164. The van der Waals surface area contributed by atoms with Crippen LogP contribution in [0.15, 0.2) is 18.2 Å². The molecule has 2 aliphatic carbocycles. The van der Waals surface area contributed by atoms with Gasteiger partial charge in [-0.3, -0.25) is 0 Å². The van der Waals surface area contributed by atoms with E-state index in [-0.39, 0.29) is 5.82 Å². The Morgan fingerprint density at radius 3 is 2.00 bits per heavy atom. The summed E-state index contributed by atoms with van der Waals surface area (Å²) in [4.78, 5) is 0. The van der Waals surface area contributed by atoms with Gasteiger partial charge in [-0.1, -0.05) is 31.9 Å². The van der Waals surface area contributed by atoms with Gasteiger partial charge in [-0.05, 0) is 86.3 Å². The van der Waals surface area contributed by atoms with Gasteiger partial charge in [0.1, 0.15) is 5.82 Å². The summed E-state index contributed by atoms with van der Waals surface area (Å²) in [5, 5.41) is 0. The molecule has 0 spiro atoms. The summed E-state index contributed by atoms with van der Waals surface area (Å²) in [6.45, 7) is 4.36. The number of benzene rings is 1. The fraction of sp³-hybridized carbons (Fsp3) is 0.700. The van der Waals surface area contributed by atoms with Crippen molar-refractivity contribution in [1.29, 1.82) is 0 Å². The first kappa shape index (κ1) is 15.1. The molecule has 0 radical (unpaired) electrons. The smallest absolute Gasteiger partial charge is 0.126 e. The van der Waals surface area contributed by atoms with E-state index in [4.69, 9.17) is 0 Å². The van der Waals surface area contributed by atoms with Gasteiger partial charge in [-0.15, -0.1) is 0 Å². The van der Waals surface area contributed by atoms with Gasteiger partial charge in [0.05, 0.1) is 0 Å². The zero-order valence-corrected chi connectivity index (χ0v) is 13.6. The van der Waals surface area contributed by atoms with E-state index in [1.165, 1.54) is 51.4 Å². The quantitative estimate of drug-likeness (QED) is 0.604. The van der Waals surface area contributed by atoms with E-state index in [2.05, 4.69) is 13.0 Å². The Morgan fingerprint density at radius 1 is 0.857 bits per heavy atom. The van der Waals surface area contributed by atoms with Crippen LogP contribution in [-0.2, 0) is 0 Å². The van der Waals surface area contributed by atoms with E-state index < -0.39 is 0 Å². The van der Waals surface area contributed by atoms with Gasteiger partial charge in [-0.2, -0.15) is 0 Å². The van der Waals surface area contributed by atoms with E-state index in [1.54, 1.807) is 6.07 Å². The Hall–Kier alpha value is -0.850. The Kier molecular flexibility index (Phi) is 4.66. The predicted molar refractivity (Wildman–Crippen MR) is 87.0 cm³/mol. The normalized spacial score (nSPS) is 33.9. The average molecular weight is 288 g/mol. The molecule has 0 heterocycles. The lowest BCUT2D eigenvalue weighted by Crippen LogP contribution is -2.25. The maximum absolute atomic E-state index is 14.1. The van der Waals surface area contributed by atoms with Gasteiger partial charge in [-0.25, -0.2) is 4.39 Å². The summed E-state index contributed by atoms with van der Waals surface area (Å²) in [6, 6.07) is 5.79. The maximum Gasteiger partial charge on any atom is 0.126 e. The maximum atomic E-state index is 14.1. The molecule has 0 N–H and O–H groups in total.